The molecule has 0 radical (unpaired) electrons. The van der Waals surface area contributed by atoms with Crippen LogP contribution in [0.2, 0.25) is 0 Å². The highest BCUT2D eigenvalue weighted by Gasteiger charge is 2.29. The van der Waals surface area contributed by atoms with Gasteiger partial charge in [-0.25, -0.2) is 8.42 Å². The monoisotopic (exact) mass is 485 g/mol. The van der Waals surface area contributed by atoms with Gasteiger partial charge in [-0.1, -0.05) is 19.3 Å². The van der Waals surface area contributed by atoms with E-state index in [1.807, 2.05) is 12.1 Å². The zero-order valence-electron chi connectivity index (χ0n) is 20.1. The molecule has 1 aliphatic carbocycles. The van der Waals surface area contributed by atoms with Crippen molar-refractivity contribution >= 4 is 21.6 Å². The molecule has 1 N–H and O–H groups in total. The first kappa shape index (κ1) is 24.5. The van der Waals surface area contributed by atoms with Crippen molar-refractivity contribution in [1.29, 1.82) is 0 Å². The molecule has 2 aromatic carbocycles. The zero-order valence-corrected chi connectivity index (χ0v) is 20.9. The minimum absolute atomic E-state index is 0.0607. The fraction of sp³-hybridized carbons (Fsp3) is 0.500. The second-order valence-electron chi connectivity index (χ2n) is 9.27. The summed E-state index contributed by atoms with van der Waals surface area (Å²) in [5, 5.41) is 3.11. The van der Waals surface area contributed by atoms with Crippen LogP contribution in [0.4, 0.5) is 5.69 Å². The van der Waals surface area contributed by atoms with E-state index in [1.54, 1.807) is 38.4 Å². The molecular formula is C26H35N3O4S. The summed E-state index contributed by atoms with van der Waals surface area (Å²) in [6.45, 7) is 1.73. The van der Waals surface area contributed by atoms with Crippen LogP contribution in [-0.2, 0) is 10.0 Å². The number of sulfonamides is 1. The van der Waals surface area contributed by atoms with Gasteiger partial charge in [0.15, 0.2) is 0 Å². The number of rotatable bonds is 7. The van der Waals surface area contributed by atoms with Gasteiger partial charge in [-0.3, -0.25) is 4.79 Å². The van der Waals surface area contributed by atoms with Gasteiger partial charge >= 0.3 is 0 Å². The zero-order chi connectivity index (χ0) is 24.1. The molecule has 0 atom stereocenters. The number of carbonyl (C=O) groups is 1. The number of piperidine rings is 1. The van der Waals surface area contributed by atoms with E-state index in [2.05, 4.69) is 22.3 Å². The summed E-state index contributed by atoms with van der Waals surface area (Å²) in [4.78, 5) is 15.3. The predicted molar refractivity (Wildman–Crippen MR) is 134 cm³/mol. The number of carbonyl (C=O) groups excluding carboxylic acids is 1. The Balaban J connectivity index is 1.31. The van der Waals surface area contributed by atoms with Crippen LogP contribution in [0.5, 0.6) is 5.75 Å². The van der Waals surface area contributed by atoms with Crippen molar-refractivity contribution < 1.29 is 17.9 Å². The molecule has 184 valence electrons. The fourth-order valence-electron chi connectivity index (χ4n) is 4.93. The van der Waals surface area contributed by atoms with Gasteiger partial charge in [0.1, 0.15) is 5.75 Å². The van der Waals surface area contributed by atoms with Crippen LogP contribution in [-0.4, -0.2) is 58.0 Å². The highest BCUT2D eigenvalue weighted by molar-refractivity contribution is 7.89. The molecule has 2 aliphatic rings. The molecule has 1 aliphatic heterocycles. The quantitative estimate of drug-likeness (QED) is 0.640. The Kier molecular flexibility index (Phi) is 7.78. The second kappa shape index (κ2) is 10.8. The summed E-state index contributed by atoms with van der Waals surface area (Å²) < 4.78 is 32.8. The number of hydrogen-bond acceptors (Lipinski definition) is 5. The predicted octanol–water partition coefficient (Wildman–Crippen LogP) is 4.05. The van der Waals surface area contributed by atoms with E-state index in [4.69, 9.17) is 4.74 Å². The highest BCUT2D eigenvalue weighted by atomic mass is 32.2. The largest absolute Gasteiger partial charge is 0.497 e. The number of anilines is 1. The standard InChI is InChI=1S/C26H35N3O4S/c1-28(22-6-4-3-5-7-22)34(31,32)25-14-8-20(9-15-25)26(30)27-21-16-18-29(19-17-21)23-10-12-24(33-2)13-11-23/h8-15,21-22H,3-7,16-19H2,1-2H3,(H,27,30). The minimum atomic E-state index is -3.56. The third-order valence-electron chi connectivity index (χ3n) is 7.15. The Morgan fingerprint density at radius 3 is 2.15 bits per heavy atom. The molecule has 0 unspecified atom stereocenters. The normalized spacial score (nSPS) is 18.1. The van der Waals surface area contributed by atoms with Crippen LogP contribution in [0.25, 0.3) is 0 Å². The van der Waals surface area contributed by atoms with Crippen molar-refractivity contribution in [3.05, 3.63) is 54.1 Å². The van der Waals surface area contributed by atoms with Crippen LogP contribution in [0.15, 0.2) is 53.4 Å². The number of ether oxygens (including phenoxy) is 1. The summed E-state index contributed by atoms with van der Waals surface area (Å²) in [6, 6.07) is 14.5. The maximum Gasteiger partial charge on any atom is 0.251 e. The number of benzene rings is 2. The number of nitrogens with zero attached hydrogens (tertiary/aromatic N) is 2. The molecule has 2 fully saturated rings. The summed E-state index contributed by atoms with van der Waals surface area (Å²) >= 11 is 0. The molecule has 1 saturated heterocycles. The summed E-state index contributed by atoms with van der Waals surface area (Å²) in [7, 11) is -0.228. The first-order chi connectivity index (χ1) is 16.4. The number of nitrogens with one attached hydrogen (secondary N) is 1. The van der Waals surface area contributed by atoms with Gasteiger partial charge in [-0.2, -0.15) is 4.31 Å². The van der Waals surface area contributed by atoms with Crippen LogP contribution >= 0.6 is 0 Å². The van der Waals surface area contributed by atoms with Crippen molar-refractivity contribution in [3.63, 3.8) is 0 Å². The Morgan fingerprint density at radius 2 is 1.56 bits per heavy atom. The Bertz CT molecular complexity index is 1060. The van der Waals surface area contributed by atoms with Gasteiger partial charge in [0.05, 0.1) is 12.0 Å². The molecule has 34 heavy (non-hydrogen) atoms. The van der Waals surface area contributed by atoms with Crippen LogP contribution < -0.4 is 15.0 Å². The topological polar surface area (TPSA) is 79.0 Å². The van der Waals surface area contributed by atoms with Gasteiger partial charge in [0.2, 0.25) is 10.0 Å². The van der Waals surface area contributed by atoms with Gasteiger partial charge in [-0.05, 0) is 74.2 Å². The van der Waals surface area contributed by atoms with E-state index >= 15 is 0 Å². The lowest BCUT2D eigenvalue weighted by atomic mass is 9.96. The number of methoxy groups -OCH3 is 1. The van der Waals surface area contributed by atoms with E-state index in [9.17, 15) is 13.2 Å². The van der Waals surface area contributed by atoms with Crippen molar-refractivity contribution in [2.45, 2.75) is 61.9 Å². The Hall–Kier alpha value is -2.58. The Morgan fingerprint density at radius 1 is 0.941 bits per heavy atom. The molecule has 0 aromatic heterocycles. The SMILES string of the molecule is COc1ccc(N2CCC(NC(=O)c3ccc(S(=O)(=O)N(C)C4CCCCC4)cc3)CC2)cc1. The average molecular weight is 486 g/mol. The molecule has 1 amide bonds. The molecule has 0 spiro atoms. The maximum absolute atomic E-state index is 13.0. The lowest BCUT2D eigenvalue weighted by Crippen LogP contribution is -2.44. The van der Waals surface area contributed by atoms with Crippen molar-refractivity contribution in [1.82, 2.24) is 9.62 Å². The summed E-state index contributed by atoms with van der Waals surface area (Å²) in [6.07, 6.45) is 6.86. The average Bonchev–Trinajstić information content (AvgIpc) is 2.89. The molecule has 0 bridgehead atoms. The lowest BCUT2D eigenvalue weighted by Gasteiger charge is -2.34. The van der Waals surface area contributed by atoms with Gasteiger partial charge in [0, 0.05) is 43.5 Å². The van der Waals surface area contributed by atoms with Gasteiger partial charge < -0.3 is 15.0 Å². The van der Waals surface area contributed by atoms with Crippen LogP contribution in [0.3, 0.4) is 0 Å². The van der Waals surface area contributed by atoms with Crippen LogP contribution in [0, 0.1) is 0 Å². The fourth-order valence-corrected chi connectivity index (χ4v) is 6.35. The minimum Gasteiger partial charge on any atom is -0.497 e. The molecule has 2 aromatic rings. The molecular weight excluding hydrogens is 450 g/mol. The van der Waals surface area contributed by atoms with Crippen molar-refractivity contribution in [2.24, 2.45) is 0 Å². The first-order valence-corrected chi connectivity index (χ1v) is 13.6. The lowest BCUT2D eigenvalue weighted by molar-refractivity contribution is 0.0931. The summed E-state index contributed by atoms with van der Waals surface area (Å²) in [5.74, 6) is 0.679. The van der Waals surface area contributed by atoms with E-state index in [-0.39, 0.29) is 22.9 Å². The smallest absolute Gasteiger partial charge is 0.251 e. The molecule has 1 saturated carbocycles. The number of hydrogen-bond donors (Lipinski definition) is 1. The van der Waals surface area contributed by atoms with Crippen molar-refractivity contribution in [3.8, 4) is 5.75 Å². The molecule has 4 rings (SSSR count). The third kappa shape index (κ3) is 5.55. The summed E-state index contributed by atoms with van der Waals surface area (Å²) in [5.41, 5.74) is 1.64. The molecule has 8 heteroatoms. The maximum atomic E-state index is 13.0. The second-order valence-corrected chi connectivity index (χ2v) is 11.3. The molecule has 7 nitrogen and oxygen atoms in total. The van der Waals surface area contributed by atoms with Gasteiger partial charge in [-0.15, -0.1) is 0 Å². The number of amides is 1. The Labute approximate surface area is 203 Å². The molecule has 1 heterocycles. The van der Waals surface area contributed by atoms with Gasteiger partial charge in [0.25, 0.3) is 5.91 Å². The van der Waals surface area contributed by atoms with Crippen molar-refractivity contribution in [2.75, 3.05) is 32.1 Å². The van der Waals surface area contributed by atoms with E-state index in [0.717, 1.165) is 63.1 Å². The van der Waals surface area contributed by atoms with E-state index < -0.39 is 10.0 Å². The van der Waals surface area contributed by atoms with E-state index in [0.29, 0.717) is 5.56 Å². The van der Waals surface area contributed by atoms with Crippen LogP contribution in [0.1, 0.15) is 55.3 Å². The third-order valence-corrected chi connectivity index (χ3v) is 9.07. The van der Waals surface area contributed by atoms with E-state index in [1.165, 1.54) is 10.7 Å². The first-order valence-electron chi connectivity index (χ1n) is 12.2. The highest BCUT2D eigenvalue weighted by Crippen LogP contribution is 2.27.